The average molecular weight is 249 g/mol. The van der Waals surface area contributed by atoms with E-state index in [-0.39, 0.29) is 0 Å². The molecule has 0 aliphatic rings. The zero-order valence-corrected chi connectivity index (χ0v) is 12.0. The zero-order valence-electron chi connectivity index (χ0n) is 12.0. The first-order valence-electron chi connectivity index (χ1n) is 7.13. The third kappa shape index (κ3) is 5.54. The van der Waals surface area contributed by atoms with E-state index >= 15 is 0 Å². The Bertz CT molecular complexity index is 307. The van der Waals surface area contributed by atoms with Gasteiger partial charge in [-0.3, -0.25) is 0 Å². The number of methoxy groups -OCH3 is 1. The largest absolute Gasteiger partial charge is 0.497 e. The maximum atomic E-state index is 5.15. The number of benzene rings is 1. The van der Waals surface area contributed by atoms with E-state index in [9.17, 15) is 0 Å². The standard InChI is InChI=1S/C16H27NO/c1-4-6-7-14(5-2)12-17-13-15-8-10-16(18-3)11-9-15/h8-11,14,17H,4-7,12-13H2,1-3H3/t14-/m0/s1. The van der Waals surface area contributed by atoms with Crippen molar-refractivity contribution in [2.24, 2.45) is 5.92 Å². The van der Waals surface area contributed by atoms with Crippen LogP contribution in [-0.4, -0.2) is 13.7 Å². The fourth-order valence-electron chi connectivity index (χ4n) is 2.11. The second-order valence-corrected chi connectivity index (χ2v) is 4.90. The minimum atomic E-state index is 0.822. The van der Waals surface area contributed by atoms with Gasteiger partial charge in [-0.05, 0) is 36.6 Å². The average Bonchev–Trinajstić information content (AvgIpc) is 2.43. The third-order valence-electron chi connectivity index (χ3n) is 3.46. The molecule has 1 aromatic rings. The van der Waals surface area contributed by atoms with Crippen LogP contribution in [0.4, 0.5) is 0 Å². The Kier molecular flexibility index (Phi) is 7.51. The van der Waals surface area contributed by atoms with Crippen molar-refractivity contribution < 1.29 is 4.74 Å². The monoisotopic (exact) mass is 249 g/mol. The summed E-state index contributed by atoms with van der Waals surface area (Å²) in [4.78, 5) is 0. The van der Waals surface area contributed by atoms with Crippen LogP contribution < -0.4 is 10.1 Å². The summed E-state index contributed by atoms with van der Waals surface area (Å²) in [5, 5.41) is 3.56. The first kappa shape index (κ1) is 15.0. The van der Waals surface area contributed by atoms with Crippen molar-refractivity contribution in [1.29, 1.82) is 0 Å². The van der Waals surface area contributed by atoms with Crippen LogP contribution in [0.5, 0.6) is 5.75 Å². The van der Waals surface area contributed by atoms with E-state index in [1.807, 2.05) is 12.1 Å². The molecule has 0 aliphatic heterocycles. The summed E-state index contributed by atoms with van der Waals surface area (Å²) >= 11 is 0. The second kappa shape index (κ2) is 8.98. The van der Waals surface area contributed by atoms with Gasteiger partial charge in [0.2, 0.25) is 0 Å². The van der Waals surface area contributed by atoms with Crippen molar-refractivity contribution >= 4 is 0 Å². The molecule has 0 heterocycles. The summed E-state index contributed by atoms with van der Waals surface area (Å²) in [6.07, 6.45) is 5.27. The molecular weight excluding hydrogens is 222 g/mol. The molecule has 18 heavy (non-hydrogen) atoms. The molecule has 0 unspecified atom stereocenters. The Morgan fingerprint density at radius 1 is 1.17 bits per heavy atom. The number of nitrogens with one attached hydrogen (secondary N) is 1. The third-order valence-corrected chi connectivity index (χ3v) is 3.46. The van der Waals surface area contributed by atoms with E-state index in [1.165, 1.54) is 31.2 Å². The van der Waals surface area contributed by atoms with Gasteiger partial charge in [-0.1, -0.05) is 45.2 Å². The molecule has 2 nitrogen and oxygen atoms in total. The molecule has 2 heteroatoms. The lowest BCUT2D eigenvalue weighted by molar-refractivity contribution is 0.413. The first-order valence-corrected chi connectivity index (χ1v) is 7.13. The predicted molar refractivity (Wildman–Crippen MR) is 78.0 cm³/mol. The summed E-state index contributed by atoms with van der Waals surface area (Å²) in [5.74, 6) is 1.75. The molecule has 0 saturated heterocycles. The van der Waals surface area contributed by atoms with Crippen LogP contribution in [0.15, 0.2) is 24.3 Å². The minimum absolute atomic E-state index is 0.822. The van der Waals surface area contributed by atoms with Crippen molar-refractivity contribution in [3.63, 3.8) is 0 Å². The van der Waals surface area contributed by atoms with E-state index < -0.39 is 0 Å². The normalized spacial score (nSPS) is 12.4. The quantitative estimate of drug-likeness (QED) is 0.714. The second-order valence-electron chi connectivity index (χ2n) is 4.90. The number of ether oxygens (including phenoxy) is 1. The van der Waals surface area contributed by atoms with Crippen LogP contribution in [0.3, 0.4) is 0 Å². The zero-order chi connectivity index (χ0) is 13.2. The summed E-state index contributed by atoms with van der Waals surface area (Å²) in [6.45, 7) is 6.63. The molecule has 1 rings (SSSR count). The summed E-state index contributed by atoms with van der Waals surface area (Å²) < 4.78 is 5.15. The van der Waals surface area contributed by atoms with E-state index in [4.69, 9.17) is 4.74 Å². The highest BCUT2D eigenvalue weighted by Gasteiger charge is 2.04. The van der Waals surface area contributed by atoms with Gasteiger partial charge in [-0.2, -0.15) is 0 Å². The number of rotatable bonds is 9. The van der Waals surface area contributed by atoms with E-state index in [2.05, 4.69) is 31.3 Å². The van der Waals surface area contributed by atoms with Crippen molar-refractivity contribution in [3.8, 4) is 5.75 Å². The molecule has 0 spiro atoms. The topological polar surface area (TPSA) is 21.3 Å². The number of hydrogen-bond donors (Lipinski definition) is 1. The van der Waals surface area contributed by atoms with Crippen molar-refractivity contribution in [1.82, 2.24) is 5.32 Å². The molecule has 0 saturated carbocycles. The summed E-state index contributed by atoms with van der Waals surface area (Å²) in [5.41, 5.74) is 1.32. The van der Waals surface area contributed by atoms with E-state index in [0.717, 1.165) is 24.8 Å². The maximum absolute atomic E-state index is 5.15. The van der Waals surface area contributed by atoms with Gasteiger partial charge >= 0.3 is 0 Å². The molecule has 0 aromatic heterocycles. The smallest absolute Gasteiger partial charge is 0.118 e. The van der Waals surface area contributed by atoms with Crippen LogP contribution >= 0.6 is 0 Å². The number of unbranched alkanes of at least 4 members (excludes halogenated alkanes) is 1. The molecule has 102 valence electrons. The van der Waals surface area contributed by atoms with Gasteiger partial charge < -0.3 is 10.1 Å². The van der Waals surface area contributed by atoms with Crippen molar-refractivity contribution in [3.05, 3.63) is 29.8 Å². The molecule has 0 aliphatic carbocycles. The molecule has 0 radical (unpaired) electrons. The van der Waals surface area contributed by atoms with Crippen LogP contribution in [-0.2, 0) is 6.54 Å². The molecule has 0 amide bonds. The van der Waals surface area contributed by atoms with Gasteiger partial charge in [0.15, 0.2) is 0 Å². The predicted octanol–water partition coefficient (Wildman–Crippen LogP) is 4.00. The molecule has 1 N–H and O–H groups in total. The number of hydrogen-bond acceptors (Lipinski definition) is 2. The van der Waals surface area contributed by atoms with Crippen LogP contribution in [0.2, 0.25) is 0 Å². The Labute approximate surface area is 112 Å². The van der Waals surface area contributed by atoms with Crippen LogP contribution in [0.25, 0.3) is 0 Å². The van der Waals surface area contributed by atoms with Gasteiger partial charge in [0.05, 0.1) is 7.11 Å². The first-order chi connectivity index (χ1) is 8.80. The SMILES string of the molecule is CCCC[C@H](CC)CNCc1ccc(OC)cc1. The summed E-state index contributed by atoms with van der Waals surface area (Å²) in [6, 6.07) is 8.29. The Balaban J connectivity index is 2.26. The van der Waals surface area contributed by atoms with Crippen molar-refractivity contribution in [2.45, 2.75) is 46.1 Å². The fourth-order valence-corrected chi connectivity index (χ4v) is 2.11. The molecular formula is C16H27NO. The molecule has 1 aromatic carbocycles. The molecule has 1 atom stereocenters. The van der Waals surface area contributed by atoms with Gasteiger partial charge in [-0.15, -0.1) is 0 Å². The molecule has 0 fully saturated rings. The fraction of sp³-hybridized carbons (Fsp3) is 0.625. The van der Waals surface area contributed by atoms with Gasteiger partial charge in [0, 0.05) is 6.54 Å². The van der Waals surface area contributed by atoms with Crippen LogP contribution in [0, 0.1) is 5.92 Å². The van der Waals surface area contributed by atoms with Gasteiger partial charge in [-0.25, -0.2) is 0 Å². The lowest BCUT2D eigenvalue weighted by Gasteiger charge is -2.15. The molecule has 0 bridgehead atoms. The lowest BCUT2D eigenvalue weighted by Crippen LogP contribution is -2.22. The lowest BCUT2D eigenvalue weighted by atomic mass is 9.99. The minimum Gasteiger partial charge on any atom is -0.497 e. The Morgan fingerprint density at radius 3 is 2.44 bits per heavy atom. The highest BCUT2D eigenvalue weighted by molar-refractivity contribution is 5.26. The van der Waals surface area contributed by atoms with Gasteiger partial charge in [0.25, 0.3) is 0 Å². The Hall–Kier alpha value is -1.02. The summed E-state index contributed by atoms with van der Waals surface area (Å²) in [7, 11) is 1.70. The highest BCUT2D eigenvalue weighted by Crippen LogP contribution is 2.13. The van der Waals surface area contributed by atoms with E-state index in [1.54, 1.807) is 7.11 Å². The van der Waals surface area contributed by atoms with Gasteiger partial charge in [0.1, 0.15) is 5.75 Å². The maximum Gasteiger partial charge on any atom is 0.118 e. The Morgan fingerprint density at radius 2 is 1.89 bits per heavy atom. The van der Waals surface area contributed by atoms with Crippen LogP contribution in [0.1, 0.15) is 45.1 Å². The highest BCUT2D eigenvalue weighted by atomic mass is 16.5. The van der Waals surface area contributed by atoms with Crippen molar-refractivity contribution in [2.75, 3.05) is 13.7 Å². The van der Waals surface area contributed by atoms with E-state index in [0.29, 0.717) is 0 Å².